The quantitative estimate of drug-likeness (QED) is 0.686. The Balaban J connectivity index is 1.58. The molecule has 1 aliphatic rings. The van der Waals surface area contributed by atoms with Crippen molar-refractivity contribution in [2.45, 2.75) is 4.90 Å². The van der Waals surface area contributed by atoms with E-state index in [2.05, 4.69) is 18.7 Å². The van der Waals surface area contributed by atoms with E-state index >= 15 is 0 Å². The number of hydrogen-bond donors (Lipinski definition) is 0. The van der Waals surface area contributed by atoms with Gasteiger partial charge in [0.1, 0.15) is 21.7 Å². The minimum Gasteiger partial charge on any atom is -0.353 e. The van der Waals surface area contributed by atoms with Crippen LogP contribution in [0.5, 0.6) is 0 Å². The predicted molar refractivity (Wildman–Crippen MR) is 90.4 cm³/mol. The van der Waals surface area contributed by atoms with Gasteiger partial charge in [0, 0.05) is 38.6 Å². The van der Waals surface area contributed by atoms with E-state index in [9.17, 15) is 8.42 Å². The zero-order chi connectivity index (χ0) is 16.6. The Bertz CT molecular complexity index is 952. The Morgan fingerprint density at radius 1 is 1.04 bits per heavy atom. The molecule has 1 saturated heterocycles. The summed E-state index contributed by atoms with van der Waals surface area (Å²) in [5.74, 6) is 0.764. The Morgan fingerprint density at radius 2 is 1.88 bits per heavy atom. The lowest BCUT2D eigenvalue weighted by atomic mass is 10.3. The van der Waals surface area contributed by atoms with Gasteiger partial charge in [0.25, 0.3) is 0 Å². The van der Waals surface area contributed by atoms with Crippen molar-refractivity contribution in [1.29, 1.82) is 0 Å². The molecule has 0 aliphatic carbocycles. The highest BCUT2D eigenvalue weighted by Gasteiger charge is 2.31. The topological polar surface area (TPSA) is 92.2 Å². The Morgan fingerprint density at radius 3 is 2.62 bits per heavy atom. The highest BCUT2D eigenvalue weighted by atomic mass is 32.2. The summed E-state index contributed by atoms with van der Waals surface area (Å²) in [7, 11) is -3.59. The molecule has 10 heteroatoms. The van der Waals surface area contributed by atoms with Crippen LogP contribution in [0.4, 0.5) is 5.82 Å². The fourth-order valence-electron chi connectivity index (χ4n) is 2.74. The van der Waals surface area contributed by atoms with Crippen LogP contribution in [0.2, 0.25) is 0 Å². The zero-order valence-electron chi connectivity index (χ0n) is 12.6. The maximum Gasteiger partial charge on any atom is 0.245 e. The molecule has 1 fully saturated rings. The summed E-state index contributed by atoms with van der Waals surface area (Å²) in [5, 5.41) is 0. The molecule has 24 heavy (non-hydrogen) atoms. The molecule has 1 aromatic carbocycles. The molecular formula is C14H14N6O2S2. The van der Waals surface area contributed by atoms with Gasteiger partial charge < -0.3 is 4.90 Å². The van der Waals surface area contributed by atoms with E-state index in [4.69, 9.17) is 0 Å². The number of nitrogens with zero attached hydrogens (tertiary/aromatic N) is 6. The third-order valence-corrected chi connectivity index (χ3v) is 6.45. The third kappa shape index (κ3) is 2.62. The van der Waals surface area contributed by atoms with E-state index in [0.29, 0.717) is 37.2 Å². The fraction of sp³-hybridized carbons (Fsp3) is 0.286. The van der Waals surface area contributed by atoms with E-state index < -0.39 is 10.0 Å². The number of sulfonamides is 1. The number of rotatable bonds is 3. The van der Waals surface area contributed by atoms with E-state index in [1.54, 1.807) is 36.8 Å². The average Bonchev–Trinajstić information content (AvgIpc) is 3.11. The Kier molecular flexibility index (Phi) is 3.87. The first-order valence-corrected chi connectivity index (χ1v) is 9.56. The Hall–Kier alpha value is -2.17. The molecule has 0 saturated carbocycles. The molecule has 0 atom stereocenters. The largest absolute Gasteiger partial charge is 0.353 e. The summed E-state index contributed by atoms with van der Waals surface area (Å²) in [4.78, 5) is 10.6. The van der Waals surface area contributed by atoms with Gasteiger partial charge >= 0.3 is 0 Å². The Labute approximate surface area is 143 Å². The minimum absolute atomic E-state index is 0.224. The van der Waals surface area contributed by atoms with Crippen LogP contribution in [0.25, 0.3) is 11.0 Å². The summed E-state index contributed by atoms with van der Waals surface area (Å²) in [5.41, 5.74) is 1.05. The second-order valence-corrected chi connectivity index (χ2v) is 7.78. The van der Waals surface area contributed by atoms with Gasteiger partial charge in [0.2, 0.25) is 10.0 Å². The highest BCUT2D eigenvalue weighted by Crippen LogP contribution is 2.25. The third-order valence-electron chi connectivity index (χ3n) is 3.98. The predicted octanol–water partition coefficient (Wildman–Crippen LogP) is 0.992. The minimum atomic E-state index is -3.59. The van der Waals surface area contributed by atoms with Crippen LogP contribution in [0.1, 0.15) is 0 Å². The van der Waals surface area contributed by atoms with E-state index in [1.807, 2.05) is 4.90 Å². The molecule has 0 N–H and O–H groups in total. The number of anilines is 1. The lowest BCUT2D eigenvalue weighted by molar-refractivity contribution is 0.384. The van der Waals surface area contributed by atoms with Gasteiger partial charge in [-0.3, -0.25) is 4.98 Å². The van der Waals surface area contributed by atoms with Gasteiger partial charge in [0.05, 0.1) is 17.9 Å². The number of fused-ring (bicyclic) bond motifs is 1. The molecule has 0 spiro atoms. The first-order chi connectivity index (χ1) is 11.7. The van der Waals surface area contributed by atoms with Crippen molar-refractivity contribution >= 4 is 38.6 Å². The molecule has 3 heterocycles. The fourth-order valence-corrected chi connectivity index (χ4v) is 4.92. The highest BCUT2D eigenvalue weighted by molar-refractivity contribution is 7.89. The van der Waals surface area contributed by atoms with Crippen molar-refractivity contribution in [1.82, 2.24) is 23.0 Å². The smallest absolute Gasteiger partial charge is 0.245 e. The summed E-state index contributed by atoms with van der Waals surface area (Å²) in [6.45, 7) is 1.94. The molecular weight excluding hydrogens is 348 g/mol. The van der Waals surface area contributed by atoms with Crippen molar-refractivity contribution in [2.75, 3.05) is 31.1 Å². The average molecular weight is 362 g/mol. The van der Waals surface area contributed by atoms with Gasteiger partial charge in [-0.05, 0) is 12.1 Å². The normalized spacial score (nSPS) is 16.6. The summed E-state index contributed by atoms with van der Waals surface area (Å²) in [6, 6.07) is 5.06. The van der Waals surface area contributed by atoms with Gasteiger partial charge in [-0.15, -0.1) is 0 Å². The number of benzene rings is 1. The van der Waals surface area contributed by atoms with Crippen molar-refractivity contribution in [3.63, 3.8) is 0 Å². The van der Waals surface area contributed by atoms with Crippen molar-refractivity contribution in [3.05, 3.63) is 36.8 Å². The maximum atomic E-state index is 13.0. The van der Waals surface area contributed by atoms with Gasteiger partial charge in [-0.1, -0.05) is 6.07 Å². The molecule has 3 aromatic rings. The lowest BCUT2D eigenvalue weighted by Gasteiger charge is -2.34. The van der Waals surface area contributed by atoms with Crippen LogP contribution in [0.15, 0.2) is 41.7 Å². The van der Waals surface area contributed by atoms with Crippen LogP contribution in [0, 0.1) is 0 Å². The molecule has 2 aromatic heterocycles. The van der Waals surface area contributed by atoms with Crippen LogP contribution >= 0.6 is 11.7 Å². The number of aromatic nitrogens is 4. The first kappa shape index (κ1) is 15.4. The van der Waals surface area contributed by atoms with Gasteiger partial charge in [-0.2, -0.15) is 13.1 Å². The molecule has 1 aliphatic heterocycles. The van der Waals surface area contributed by atoms with Crippen LogP contribution in [0.3, 0.4) is 0 Å². The molecule has 0 amide bonds. The van der Waals surface area contributed by atoms with Crippen LogP contribution in [-0.4, -0.2) is 57.6 Å². The first-order valence-electron chi connectivity index (χ1n) is 7.39. The lowest BCUT2D eigenvalue weighted by Crippen LogP contribution is -2.49. The molecule has 4 rings (SSSR count). The summed E-state index contributed by atoms with van der Waals surface area (Å²) in [6.07, 6.45) is 4.94. The molecule has 0 bridgehead atoms. The molecule has 0 unspecified atom stereocenters. The number of piperazine rings is 1. The van der Waals surface area contributed by atoms with Crippen molar-refractivity contribution < 1.29 is 8.42 Å². The van der Waals surface area contributed by atoms with Gasteiger partial charge in [0.15, 0.2) is 0 Å². The maximum absolute atomic E-state index is 13.0. The van der Waals surface area contributed by atoms with E-state index in [0.717, 1.165) is 17.5 Å². The van der Waals surface area contributed by atoms with Crippen molar-refractivity contribution in [3.8, 4) is 0 Å². The molecule has 8 nitrogen and oxygen atoms in total. The van der Waals surface area contributed by atoms with Crippen molar-refractivity contribution in [2.24, 2.45) is 0 Å². The van der Waals surface area contributed by atoms with Crippen LogP contribution < -0.4 is 4.90 Å². The van der Waals surface area contributed by atoms with E-state index in [-0.39, 0.29) is 4.90 Å². The van der Waals surface area contributed by atoms with Crippen LogP contribution in [-0.2, 0) is 10.0 Å². The standard InChI is InChI=1S/C14H14N6O2S2/c21-24(22,12-3-1-2-11-14(12)18-23-17-11)20-8-6-19(7-9-20)13-10-15-4-5-16-13/h1-5,10H,6-9H2. The zero-order valence-corrected chi connectivity index (χ0v) is 14.2. The van der Waals surface area contributed by atoms with E-state index in [1.165, 1.54) is 4.31 Å². The van der Waals surface area contributed by atoms with Gasteiger partial charge in [-0.25, -0.2) is 13.4 Å². The molecule has 124 valence electrons. The second-order valence-electron chi connectivity index (χ2n) is 5.34. The number of hydrogen-bond acceptors (Lipinski definition) is 8. The molecule has 0 radical (unpaired) electrons. The summed E-state index contributed by atoms with van der Waals surface area (Å²) >= 11 is 1.02. The summed E-state index contributed by atoms with van der Waals surface area (Å²) < 4.78 is 35.7. The monoisotopic (exact) mass is 362 g/mol. The SMILES string of the molecule is O=S(=O)(c1cccc2nsnc12)N1CCN(c2cnccn2)CC1. The second kappa shape index (κ2) is 6.04.